The van der Waals surface area contributed by atoms with Crippen LogP contribution < -0.4 is 0 Å². The van der Waals surface area contributed by atoms with Gasteiger partial charge < -0.3 is 9.88 Å². The first-order valence-electron chi connectivity index (χ1n) is 8.68. The van der Waals surface area contributed by atoms with Crippen LogP contribution in [0.15, 0.2) is 36.7 Å². The summed E-state index contributed by atoms with van der Waals surface area (Å²) in [4.78, 5) is 24.6. The Labute approximate surface area is 143 Å². The van der Waals surface area contributed by atoms with Gasteiger partial charge in [-0.15, -0.1) is 0 Å². The van der Waals surface area contributed by atoms with E-state index in [0.717, 1.165) is 55.8 Å². The smallest absolute Gasteiger partial charge is 0.255 e. The quantitative estimate of drug-likeness (QED) is 0.940. The Kier molecular flexibility index (Phi) is 5.30. The van der Waals surface area contributed by atoms with Crippen LogP contribution in [0.3, 0.4) is 0 Å². The van der Waals surface area contributed by atoms with E-state index in [1.807, 2.05) is 42.4 Å². The monoisotopic (exact) mass is 326 g/mol. The van der Waals surface area contributed by atoms with Gasteiger partial charge in [-0.25, -0.2) is 0 Å². The molecule has 3 rings (SSSR count). The van der Waals surface area contributed by atoms with Gasteiger partial charge in [-0.2, -0.15) is 0 Å². The van der Waals surface area contributed by atoms with Gasteiger partial charge in [-0.3, -0.25) is 14.7 Å². The number of likely N-dealkylation sites (tertiary alicyclic amines) is 1. The van der Waals surface area contributed by atoms with E-state index in [2.05, 4.69) is 28.0 Å². The van der Waals surface area contributed by atoms with E-state index in [4.69, 9.17) is 0 Å². The SMILES string of the molecule is Cc1[nH]ccc1C(=O)N1CCC[C@H](N(C)Cc2ccccn2)CC1. The number of carbonyl (C=O) groups excluding carboxylic acids is 1. The first kappa shape index (κ1) is 16.7. The van der Waals surface area contributed by atoms with Gasteiger partial charge >= 0.3 is 0 Å². The summed E-state index contributed by atoms with van der Waals surface area (Å²) in [6.07, 6.45) is 6.87. The van der Waals surface area contributed by atoms with Gasteiger partial charge in [0.05, 0.1) is 11.3 Å². The third-order valence-corrected chi connectivity index (χ3v) is 4.93. The third-order valence-electron chi connectivity index (χ3n) is 4.93. The molecular formula is C19H26N4O. The van der Waals surface area contributed by atoms with Crippen molar-refractivity contribution in [1.82, 2.24) is 19.8 Å². The standard InChI is InChI=1S/C19H26N4O/c1-15-18(8-11-20-15)19(24)23-12-5-7-17(9-13-23)22(2)14-16-6-3-4-10-21-16/h3-4,6,8,10-11,17,20H,5,7,9,12-14H2,1-2H3/t17-/m0/s1. The minimum absolute atomic E-state index is 0.154. The second-order valence-electron chi connectivity index (χ2n) is 6.63. The predicted molar refractivity (Wildman–Crippen MR) is 94.8 cm³/mol. The summed E-state index contributed by atoms with van der Waals surface area (Å²) >= 11 is 0. The summed E-state index contributed by atoms with van der Waals surface area (Å²) in [5.41, 5.74) is 2.85. The number of hydrogen-bond acceptors (Lipinski definition) is 3. The largest absolute Gasteiger partial charge is 0.365 e. The molecule has 24 heavy (non-hydrogen) atoms. The average molecular weight is 326 g/mol. The zero-order chi connectivity index (χ0) is 16.9. The van der Waals surface area contributed by atoms with E-state index < -0.39 is 0 Å². The van der Waals surface area contributed by atoms with Crippen molar-refractivity contribution < 1.29 is 4.79 Å². The fourth-order valence-electron chi connectivity index (χ4n) is 3.45. The summed E-state index contributed by atoms with van der Waals surface area (Å²) in [7, 11) is 2.16. The number of H-pyrrole nitrogens is 1. The normalized spacial score (nSPS) is 18.6. The van der Waals surface area contributed by atoms with Gasteiger partial charge in [0.2, 0.25) is 0 Å². The molecule has 1 saturated heterocycles. The van der Waals surface area contributed by atoms with Crippen LogP contribution in [-0.4, -0.2) is 51.9 Å². The second-order valence-corrected chi connectivity index (χ2v) is 6.63. The lowest BCUT2D eigenvalue weighted by Crippen LogP contribution is -2.35. The van der Waals surface area contributed by atoms with Gasteiger partial charge in [0, 0.05) is 43.8 Å². The lowest BCUT2D eigenvalue weighted by atomic mass is 10.1. The van der Waals surface area contributed by atoms with Crippen LogP contribution in [0.5, 0.6) is 0 Å². The fraction of sp³-hybridized carbons (Fsp3) is 0.474. The van der Waals surface area contributed by atoms with Crippen molar-refractivity contribution in [1.29, 1.82) is 0 Å². The number of aromatic amines is 1. The van der Waals surface area contributed by atoms with E-state index in [0.29, 0.717) is 6.04 Å². The van der Waals surface area contributed by atoms with Crippen LogP contribution in [0.1, 0.15) is 41.0 Å². The summed E-state index contributed by atoms with van der Waals surface area (Å²) in [5, 5.41) is 0. The molecule has 1 aliphatic heterocycles. The minimum Gasteiger partial charge on any atom is -0.365 e. The molecule has 0 unspecified atom stereocenters. The van der Waals surface area contributed by atoms with E-state index in [9.17, 15) is 4.79 Å². The Morgan fingerprint density at radius 3 is 2.92 bits per heavy atom. The van der Waals surface area contributed by atoms with Crippen molar-refractivity contribution in [2.75, 3.05) is 20.1 Å². The van der Waals surface area contributed by atoms with E-state index in [1.54, 1.807) is 0 Å². The van der Waals surface area contributed by atoms with E-state index >= 15 is 0 Å². The highest BCUT2D eigenvalue weighted by molar-refractivity contribution is 5.95. The maximum absolute atomic E-state index is 12.7. The van der Waals surface area contributed by atoms with Crippen LogP contribution in [0.25, 0.3) is 0 Å². The number of nitrogens with zero attached hydrogens (tertiary/aromatic N) is 3. The predicted octanol–water partition coefficient (Wildman–Crippen LogP) is 2.84. The van der Waals surface area contributed by atoms with Gasteiger partial charge in [0.15, 0.2) is 0 Å². The Morgan fingerprint density at radius 2 is 2.21 bits per heavy atom. The molecule has 128 valence electrons. The molecule has 5 heteroatoms. The molecular weight excluding hydrogens is 300 g/mol. The highest BCUT2D eigenvalue weighted by Gasteiger charge is 2.24. The number of carbonyl (C=O) groups is 1. The van der Waals surface area contributed by atoms with Crippen LogP contribution >= 0.6 is 0 Å². The van der Waals surface area contributed by atoms with Gasteiger partial charge in [0.25, 0.3) is 5.91 Å². The molecule has 0 bridgehead atoms. The molecule has 0 radical (unpaired) electrons. The number of amides is 1. The molecule has 0 aromatic carbocycles. The first-order chi connectivity index (χ1) is 11.6. The lowest BCUT2D eigenvalue weighted by Gasteiger charge is -2.27. The van der Waals surface area contributed by atoms with Gasteiger partial charge in [-0.1, -0.05) is 6.07 Å². The van der Waals surface area contributed by atoms with Crippen LogP contribution in [0, 0.1) is 6.92 Å². The van der Waals surface area contributed by atoms with Crippen molar-refractivity contribution >= 4 is 5.91 Å². The molecule has 1 amide bonds. The van der Waals surface area contributed by atoms with Crippen LogP contribution in [0.2, 0.25) is 0 Å². The Bertz CT molecular complexity index is 667. The average Bonchev–Trinajstić information content (AvgIpc) is 2.87. The van der Waals surface area contributed by atoms with Gasteiger partial charge in [-0.05, 0) is 51.4 Å². The number of rotatable bonds is 4. The number of pyridine rings is 1. The summed E-state index contributed by atoms with van der Waals surface area (Å²) in [6.45, 7) is 4.48. The van der Waals surface area contributed by atoms with Crippen LogP contribution in [0.4, 0.5) is 0 Å². The maximum atomic E-state index is 12.7. The highest BCUT2D eigenvalue weighted by atomic mass is 16.2. The molecule has 0 spiro atoms. The molecule has 1 N–H and O–H groups in total. The first-order valence-corrected chi connectivity index (χ1v) is 8.68. The lowest BCUT2D eigenvalue weighted by molar-refractivity contribution is 0.0757. The number of aromatic nitrogens is 2. The van der Waals surface area contributed by atoms with Gasteiger partial charge in [0.1, 0.15) is 0 Å². The van der Waals surface area contributed by atoms with E-state index in [1.165, 1.54) is 0 Å². The van der Waals surface area contributed by atoms with Crippen molar-refractivity contribution in [3.8, 4) is 0 Å². The van der Waals surface area contributed by atoms with Crippen LogP contribution in [-0.2, 0) is 6.54 Å². The molecule has 2 aromatic heterocycles. The molecule has 0 aliphatic carbocycles. The Morgan fingerprint density at radius 1 is 1.33 bits per heavy atom. The Hall–Kier alpha value is -2.14. The zero-order valence-electron chi connectivity index (χ0n) is 14.5. The van der Waals surface area contributed by atoms with E-state index in [-0.39, 0.29) is 5.91 Å². The molecule has 0 saturated carbocycles. The maximum Gasteiger partial charge on any atom is 0.255 e. The summed E-state index contributed by atoms with van der Waals surface area (Å²) < 4.78 is 0. The summed E-state index contributed by atoms with van der Waals surface area (Å²) in [5.74, 6) is 0.154. The topological polar surface area (TPSA) is 52.2 Å². The van der Waals surface area contributed by atoms with Crippen molar-refractivity contribution in [2.24, 2.45) is 0 Å². The zero-order valence-corrected chi connectivity index (χ0v) is 14.5. The fourth-order valence-corrected chi connectivity index (χ4v) is 3.45. The molecule has 1 aliphatic rings. The minimum atomic E-state index is 0.154. The molecule has 3 heterocycles. The highest BCUT2D eigenvalue weighted by Crippen LogP contribution is 2.19. The number of hydrogen-bond donors (Lipinski definition) is 1. The third kappa shape index (κ3) is 3.85. The number of nitrogens with one attached hydrogen (secondary N) is 1. The molecule has 1 fully saturated rings. The second kappa shape index (κ2) is 7.62. The number of aryl methyl sites for hydroxylation is 1. The molecule has 5 nitrogen and oxygen atoms in total. The Balaban J connectivity index is 1.58. The molecule has 2 aromatic rings. The molecule has 1 atom stereocenters. The van der Waals surface area contributed by atoms with Crippen molar-refractivity contribution in [3.63, 3.8) is 0 Å². The summed E-state index contributed by atoms with van der Waals surface area (Å²) in [6, 6.07) is 8.42. The van der Waals surface area contributed by atoms with Crippen molar-refractivity contribution in [3.05, 3.63) is 53.6 Å². The van der Waals surface area contributed by atoms with Crippen molar-refractivity contribution in [2.45, 2.75) is 38.8 Å².